The Balaban J connectivity index is 1.71. The Hall–Kier alpha value is -2.82. The van der Waals surface area contributed by atoms with Crippen LogP contribution in [-0.4, -0.2) is 23.1 Å². The maximum Gasteiger partial charge on any atom is 0.229 e. The van der Waals surface area contributed by atoms with Gasteiger partial charge in [-0.1, -0.05) is 37.1 Å². The molecule has 1 aromatic heterocycles. The molecule has 1 heterocycles. The lowest BCUT2D eigenvalue weighted by atomic mass is 10.2. The number of fused-ring (bicyclic) bond motifs is 1. The quantitative estimate of drug-likeness (QED) is 0.706. The van der Waals surface area contributed by atoms with E-state index in [4.69, 9.17) is 9.72 Å². The monoisotopic (exact) mass is 334 g/mol. The highest BCUT2D eigenvalue weighted by Gasteiger charge is 2.17. The van der Waals surface area contributed by atoms with Gasteiger partial charge in [-0.15, -0.1) is 0 Å². The lowest BCUT2D eigenvalue weighted by Crippen LogP contribution is -2.16. The predicted molar refractivity (Wildman–Crippen MR) is 102 cm³/mol. The third kappa shape index (κ3) is 3.36. The number of ether oxygens (including phenoxy) is 1. The van der Waals surface area contributed by atoms with Gasteiger partial charge in [-0.3, -0.25) is 0 Å². The van der Waals surface area contributed by atoms with Crippen LogP contribution in [0.25, 0.3) is 10.9 Å². The van der Waals surface area contributed by atoms with Crippen molar-refractivity contribution in [3.8, 4) is 5.75 Å². The van der Waals surface area contributed by atoms with Crippen molar-refractivity contribution in [2.24, 2.45) is 0 Å². The minimum atomic E-state index is 0.498. The second-order valence-electron chi connectivity index (χ2n) is 6.36. The highest BCUT2D eigenvalue weighted by Crippen LogP contribution is 2.30. The van der Waals surface area contributed by atoms with Crippen LogP contribution >= 0.6 is 0 Å². The molecular formula is C20H22N4O. The van der Waals surface area contributed by atoms with Gasteiger partial charge in [-0.25, -0.2) is 4.98 Å². The summed E-state index contributed by atoms with van der Waals surface area (Å²) >= 11 is 0. The molecule has 5 nitrogen and oxygen atoms in total. The molecule has 25 heavy (non-hydrogen) atoms. The third-order valence-electron chi connectivity index (χ3n) is 4.65. The van der Waals surface area contributed by atoms with Gasteiger partial charge in [0.2, 0.25) is 5.95 Å². The molecule has 1 fully saturated rings. The molecule has 0 bridgehead atoms. The number of methoxy groups -OCH3 is 1. The molecule has 1 aliphatic rings. The molecule has 3 aromatic rings. The van der Waals surface area contributed by atoms with Crippen LogP contribution in [0.1, 0.15) is 25.7 Å². The standard InChI is InChI=1S/C20H22N4O/c1-25-18-13-7-6-12-17(18)23-20-22-16-11-5-4-10-15(16)19(24-20)21-14-8-2-3-9-14/h4-7,10-14H,2-3,8-9H2,1H3,(H2,21,22,23,24). The Morgan fingerprint density at radius 3 is 2.56 bits per heavy atom. The van der Waals surface area contributed by atoms with Gasteiger partial charge in [-0.2, -0.15) is 4.98 Å². The van der Waals surface area contributed by atoms with Gasteiger partial charge in [0.25, 0.3) is 0 Å². The van der Waals surface area contributed by atoms with Crippen LogP contribution in [0, 0.1) is 0 Å². The molecule has 1 aliphatic carbocycles. The van der Waals surface area contributed by atoms with Crippen LogP contribution < -0.4 is 15.4 Å². The molecule has 0 unspecified atom stereocenters. The average molecular weight is 334 g/mol. The van der Waals surface area contributed by atoms with Crippen LogP contribution in [0.4, 0.5) is 17.5 Å². The lowest BCUT2D eigenvalue weighted by molar-refractivity contribution is 0.417. The number of hydrogen-bond donors (Lipinski definition) is 2. The van der Waals surface area contributed by atoms with Crippen LogP contribution in [0.15, 0.2) is 48.5 Å². The van der Waals surface area contributed by atoms with Crippen molar-refractivity contribution in [2.45, 2.75) is 31.7 Å². The third-order valence-corrected chi connectivity index (χ3v) is 4.65. The van der Waals surface area contributed by atoms with Crippen LogP contribution in [0.2, 0.25) is 0 Å². The number of nitrogens with zero attached hydrogens (tertiary/aromatic N) is 2. The minimum Gasteiger partial charge on any atom is -0.495 e. The average Bonchev–Trinajstić information content (AvgIpc) is 3.15. The number of rotatable bonds is 5. The van der Waals surface area contributed by atoms with Crippen molar-refractivity contribution in [1.82, 2.24) is 9.97 Å². The van der Waals surface area contributed by atoms with Crippen molar-refractivity contribution in [1.29, 1.82) is 0 Å². The Morgan fingerprint density at radius 1 is 0.960 bits per heavy atom. The van der Waals surface area contributed by atoms with E-state index in [1.54, 1.807) is 7.11 Å². The van der Waals surface area contributed by atoms with E-state index in [1.807, 2.05) is 42.5 Å². The first kappa shape index (κ1) is 15.7. The van der Waals surface area contributed by atoms with Crippen molar-refractivity contribution >= 4 is 28.4 Å². The summed E-state index contributed by atoms with van der Waals surface area (Å²) in [5.74, 6) is 2.24. The van der Waals surface area contributed by atoms with Gasteiger partial charge < -0.3 is 15.4 Å². The van der Waals surface area contributed by atoms with E-state index in [0.29, 0.717) is 12.0 Å². The molecule has 0 spiro atoms. The fraction of sp³-hybridized carbons (Fsp3) is 0.300. The highest BCUT2D eigenvalue weighted by molar-refractivity contribution is 5.90. The predicted octanol–water partition coefficient (Wildman–Crippen LogP) is 4.74. The summed E-state index contributed by atoms with van der Waals surface area (Å²) in [5, 5.41) is 7.97. The van der Waals surface area contributed by atoms with Crippen LogP contribution in [0.3, 0.4) is 0 Å². The number of anilines is 3. The van der Waals surface area contributed by atoms with Crippen LogP contribution in [0.5, 0.6) is 5.75 Å². The topological polar surface area (TPSA) is 59.1 Å². The van der Waals surface area contributed by atoms with E-state index < -0.39 is 0 Å². The van der Waals surface area contributed by atoms with Crippen molar-refractivity contribution in [2.75, 3.05) is 17.7 Å². The van der Waals surface area contributed by atoms with Gasteiger partial charge in [0.1, 0.15) is 11.6 Å². The lowest BCUT2D eigenvalue weighted by Gasteiger charge is -2.16. The Kier molecular flexibility index (Phi) is 4.37. The van der Waals surface area contributed by atoms with E-state index in [1.165, 1.54) is 25.7 Å². The van der Waals surface area contributed by atoms with E-state index in [0.717, 1.165) is 28.2 Å². The summed E-state index contributed by atoms with van der Waals surface area (Å²) in [5.41, 5.74) is 1.78. The van der Waals surface area contributed by atoms with Crippen molar-refractivity contribution < 1.29 is 4.74 Å². The molecule has 0 aliphatic heterocycles. The Labute approximate surface area is 147 Å². The zero-order valence-corrected chi connectivity index (χ0v) is 14.3. The van der Waals surface area contributed by atoms with Crippen molar-refractivity contribution in [3.63, 3.8) is 0 Å². The molecule has 2 N–H and O–H groups in total. The molecular weight excluding hydrogens is 312 g/mol. The first-order valence-corrected chi connectivity index (χ1v) is 8.77. The summed E-state index contributed by atoms with van der Waals surface area (Å²) in [6.07, 6.45) is 4.97. The van der Waals surface area contributed by atoms with E-state index in [9.17, 15) is 0 Å². The number of hydrogen-bond acceptors (Lipinski definition) is 5. The highest BCUT2D eigenvalue weighted by atomic mass is 16.5. The molecule has 2 aromatic carbocycles. The minimum absolute atomic E-state index is 0.498. The fourth-order valence-electron chi connectivity index (χ4n) is 3.37. The molecule has 128 valence electrons. The largest absolute Gasteiger partial charge is 0.495 e. The number of benzene rings is 2. The number of para-hydroxylation sites is 3. The summed E-state index contributed by atoms with van der Waals surface area (Å²) < 4.78 is 5.41. The van der Waals surface area contributed by atoms with Gasteiger partial charge in [0.15, 0.2) is 0 Å². The first-order valence-electron chi connectivity index (χ1n) is 8.77. The zero-order valence-electron chi connectivity index (χ0n) is 14.3. The first-order chi connectivity index (χ1) is 12.3. The van der Waals surface area contributed by atoms with E-state index >= 15 is 0 Å². The van der Waals surface area contributed by atoms with Crippen LogP contribution in [-0.2, 0) is 0 Å². The Bertz CT molecular complexity index is 874. The number of nitrogens with one attached hydrogen (secondary N) is 2. The molecule has 0 radical (unpaired) electrons. The van der Waals surface area contributed by atoms with Gasteiger partial charge in [0, 0.05) is 11.4 Å². The smallest absolute Gasteiger partial charge is 0.229 e. The molecule has 0 atom stereocenters. The zero-order chi connectivity index (χ0) is 17.1. The Morgan fingerprint density at radius 2 is 1.72 bits per heavy atom. The summed E-state index contributed by atoms with van der Waals surface area (Å²) in [4.78, 5) is 9.41. The fourth-order valence-corrected chi connectivity index (χ4v) is 3.37. The molecule has 1 saturated carbocycles. The number of aromatic nitrogens is 2. The molecule has 0 amide bonds. The van der Waals surface area contributed by atoms with Gasteiger partial charge in [0.05, 0.1) is 18.3 Å². The van der Waals surface area contributed by atoms with Crippen molar-refractivity contribution in [3.05, 3.63) is 48.5 Å². The SMILES string of the molecule is COc1ccccc1Nc1nc(NC2CCCC2)c2ccccc2n1. The second kappa shape index (κ2) is 6.97. The molecule has 0 saturated heterocycles. The normalized spacial score (nSPS) is 14.6. The summed E-state index contributed by atoms with van der Waals surface area (Å²) in [6.45, 7) is 0. The summed E-state index contributed by atoms with van der Waals surface area (Å²) in [7, 11) is 1.66. The second-order valence-corrected chi connectivity index (χ2v) is 6.36. The van der Waals surface area contributed by atoms with E-state index in [2.05, 4.69) is 21.7 Å². The van der Waals surface area contributed by atoms with Gasteiger partial charge >= 0.3 is 0 Å². The summed E-state index contributed by atoms with van der Waals surface area (Å²) in [6, 6.07) is 16.4. The molecule has 5 heteroatoms. The van der Waals surface area contributed by atoms with Gasteiger partial charge in [-0.05, 0) is 37.1 Å². The maximum atomic E-state index is 5.41. The maximum absolute atomic E-state index is 5.41. The van der Waals surface area contributed by atoms with E-state index in [-0.39, 0.29) is 0 Å². The molecule has 4 rings (SSSR count).